The van der Waals surface area contributed by atoms with Gasteiger partial charge >= 0.3 is 11.9 Å². The molecule has 0 spiro atoms. The van der Waals surface area contributed by atoms with E-state index in [-0.39, 0.29) is 58.9 Å². The smallest absolute Gasteiger partial charge is 0.344 e. The van der Waals surface area contributed by atoms with Gasteiger partial charge in [-0.25, -0.2) is 9.59 Å². The Kier molecular flexibility index (Phi) is 21.9. The lowest BCUT2D eigenvalue weighted by atomic mass is 10.0. The summed E-state index contributed by atoms with van der Waals surface area (Å²) >= 11 is 10.3. The molecule has 0 unspecified atom stereocenters. The second-order valence-corrected chi connectivity index (χ2v) is 17.0. The number of halogens is 2. The van der Waals surface area contributed by atoms with Crippen LogP contribution in [0.3, 0.4) is 0 Å². The number of phenolic OH excluding ortho intramolecular Hbond substituents is 1. The normalized spacial score (nSPS) is 26.5. The number of benzene rings is 2. The topological polar surface area (TPSA) is 273 Å². The van der Waals surface area contributed by atoms with Gasteiger partial charge in [-0.3, -0.25) is 24.2 Å². The lowest BCUT2D eigenvalue weighted by molar-refractivity contribution is -0.153. The zero-order valence-corrected chi connectivity index (χ0v) is 40.8. The monoisotopic (exact) mass is 995 g/mol. The first-order valence-electron chi connectivity index (χ1n) is 21.1. The van der Waals surface area contributed by atoms with Crippen LogP contribution in [0.25, 0.3) is 0 Å². The Labute approximate surface area is 403 Å². The molecule has 0 radical (unpaired) electrons. The van der Waals surface area contributed by atoms with Crippen LogP contribution in [0.2, 0.25) is 0 Å². The Bertz CT molecular complexity index is 2210. The predicted octanol–water partition coefficient (Wildman–Crippen LogP) is 5.46. The molecule has 20 nitrogen and oxygen atoms in total. The molecule has 0 saturated carbocycles. The zero-order valence-electron chi connectivity index (χ0n) is 39.3. The summed E-state index contributed by atoms with van der Waals surface area (Å²) in [5, 5.41) is 35.2. The minimum absolute atomic E-state index is 0.0165. The Balaban J connectivity index is 0.000000326. The van der Waals surface area contributed by atoms with Crippen molar-refractivity contribution in [3.63, 3.8) is 0 Å². The number of aliphatic imine (C=N–C) groups is 1. The lowest BCUT2D eigenvalue weighted by Crippen LogP contribution is -2.36. The van der Waals surface area contributed by atoms with Crippen molar-refractivity contribution in [1.82, 2.24) is 0 Å². The van der Waals surface area contributed by atoms with Crippen molar-refractivity contribution in [2.75, 3.05) is 38.8 Å². The van der Waals surface area contributed by atoms with Gasteiger partial charge in [-0.1, -0.05) is 49.2 Å². The van der Waals surface area contributed by atoms with E-state index in [9.17, 15) is 44.1 Å². The third-order valence-corrected chi connectivity index (χ3v) is 10.5. The van der Waals surface area contributed by atoms with Gasteiger partial charge < -0.3 is 63.8 Å². The predicted molar refractivity (Wildman–Crippen MR) is 249 cm³/mol. The molecule has 3 aliphatic rings. The van der Waals surface area contributed by atoms with Crippen molar-refractivity contribution in [2.45, 2.75) is 109 Å². The van der Waals surface area contributed by atoms with Crippen LogP contribution >= 0.6 is 23.2 Å². The van der Waals surface area contributed by atoms with E-state index in [0.717, 1.165) is 6.08 Å². The number of esters is 2. The van der Waals surface area contributed by atoms with Crippen molar-refractivity contribution in [1.29, 1.82) is 0 Å². The number of fused-ring (bicyclic) bond motifs is 3. The summed E-state index contributed by atoms with van der Waals surface area (Å²) < 4.78 is 43.5. The molecule has 2 aromatic rings. The number of carbonyl (C=O) groups excluding carboxylic acids is 6. The molecule has 0 aliphatic carbocycles. The summed E-state index contributed by atoms with van der Waals surface area (Å²) in [7, 11) is 4.23. The van der Waals surface area contributed by atoms with Crippen molar-refractivity contribution in [2.24, 2.45) is 16.8 Å². The van der Waals surface area contributed by atoms with E-state index >= 15 is 0 Å². The number of phenols is 1. The van der Waals surface area contributed by atoms with E-state index in [1.54, 1.807) is 53.8 Å². The number of amides is 2. The molecule has 374 valence electrons. The van der Waals surface area contributed by atoms with Crippen LogP contribution in [0.4, 0.5) is 11.4 Å². The number of nitrogens with zero attached hydrogens (tertiary/aromatic N) is 1. The Morgan fingerprint density at radius 2 is 1.29 bits per heavy atom. The van der Waals surface area contributed by atoms with Gasteiger partial charge in [-0.15, -0.1) is 0 Å². The van der Waals surface area contributed by atoms with Gasteiger partial charge in [0.2, 0.25) is 11.8 Å². The van der Waals surface area contributed by atoms with Crippen LogP contribution in [0, 0.1) is 11.8 Å². The molecule has 2 aromatic carbocycles. The number of carbonyl (C=O) groups is 6. The summed E-state index contributed by atoms with van der Waals surface area (Å²) in [6.07, 6.45) is -0.176. The molecule has 1 fully saturated rings. The van der Waals surface area contributed by atoms with Crippen LogP contribution in [-0.2, 0) is 42.9 Å². The van der Waals surface area contributed by atoms with Crippen LogP contribution in [0.1, 0.15) is 82.0 Å². The maximum absolute atomic E-state index is 13.2. The number of hydrogen-bond acceptors (Lipinski definition) is 18. The van der Waals surface area contributed by atoms with Gasteiger partial charge in [0, 0.05) is 43.2 Å². The highest BCUT2D eigenvalue weighted by Gasteiger charge is 2.45. The van der Waals surface area contributed by atoms with Crippen molar-refractivity contribution in [3.05, 3.63) is 59.7 Å². The summed E-state index contributed by atoms with van der Waals surface area (Å²) in [5.74, 6) is -5.52. The minimum atomic E-state index is -1.78. The fourth-order valence-electron chi connectivity index (χ4n) is 6.37. The van der Waals surface area contributed by atoms with Gasteiger partial charge in [-0.2, -0.15) is 0 Å². The molecular weight excluding hydrogens is 937 g/mol. The number of aromatic hydroxyl groups is 1. The van der Waals surface area contributed by atoms with E-state index < -0.39 is 95.0 Å². The molecule has 5 N–H and O–H groups in total. The van der Waals surface area contributed by atoms with Crippen molar-refractivity contribution >= 4 is 76.1 Å². The van der Waals surface area contributed by atoms with Crippen molar-refractivity contribution in [3.8, 4) is 23.0 Å². The number of anilines is 2. The Morgan fingerprint density at radius 1 is 0.779 bits per heavy atom. The molecule has 22 heteroatoms. The third-order valence-electron chi connectivity index (χ3n) is 10.3. The van der Waals surface area contributed by atoms with E-state index in [1.165, 1.54) is 57.7 Å². The van der Waals surface area contributed by atoms with Gasteiger partial charge in [0.15, 0.2) is 29.1 Å². The molecule has 5 rings (SSSR count). The number of ether oxygens (including phenoxy) is 8. The second kappa shape index (κ2) is 26.2. The summed E-state index contributed by atoms with van der Waals surface area (Å²) in [6, 6.07) is 5.50. The Morgan fingerprint density at radius 3 is 1.81 bits per heavy atom. The van der Waals surface area contributed by atoms with Crippen LogP contribution < -0.4 is 24.8 Å². The number of cyclic esters (lactones) is 2. The van der Waals surface area contributed by atoms with Crippen LogP contribution in [0.15, 0.2) is 53.6 Å². The number of aliphatic hydroxyl groups excluding tert-OH is 2. The van der Waals surface area contributed by atoms with Gasteiger partial charge in [0.25, 0.3) is 0 Å². The van der Waals surface area contributed by atoms with Crippen LogP contribution in [-0.4, -0.2) is 132 Å². The maximum atomic E-state index is 13.2. The van der Waals surface area contributed by atoms with Gasteiger partial charge in [0.05, 0.1) is 44.5 Å². The van der Waals surface area contributed by atoms with Gasteiger partial charge in [-0.05, 0) is 53.0 Å². The molecule has 0 aromatic heterocycles. The molecular formula is C46H59Cl2N3O17. The summed E-state index contributed by atoms with van der Waals surface area (Å²) in [5.41, 5.74) is -0.218. The first-order valence-corrected chi connectivity index (χ1v) is 22.0. The highest BCUT2D eigenvalue weighted by Crippen LogP contribution is 2.37. The van der Waals surface area contributed by atoms with E-state index in [2.05, 4.69) is 15.6 Å². The number of ketones is 2. The maximum Gasteiger partial charge on any atom is 0.344 e. The summed E-state index contributed by atoms with van der Waals surface area (Å²) in [6.45, 7) is 11.8. The summed E-state index contributed by atoms with van der Waals surface area (Å²) in [4.78, 5) is 78.7. The number of alkyl halides is 2. The molecule has 1 saturated heterocycles. The highest BCUT2D eigenvalue weighted by atomic mass is 35.5. The fourth-order valence-corrected chi connectivity index (χ4v) is 6.60. The lowest BCUT2D eigenvalue weighted by Gasteiger charge is -2.22. The second-order valence-electron chi connectivity index (χ2n) is 15.9. The van der Waals surface area contributed by atoms with E-state index in [0.29, 0.717) is 5.75 Å². The zero-order chi connectivity index (χ0) is 51.0. The average Bonchev–Trinajstić information content (AvgIpc) is 3.57. The first-order chi connectivity index (χ1) is 31.9. The minimum Gasteiger partial charge on any atom is -0.507 e. The third kappa shape index (κ3) is 16.6. The number of rotatable bonds is 6. The van der Waals surface area contributed by atoms with Crippen molar-refractivity contribution < 1.29 is 82.0 Å². The Hall–Kier alpha value is -5.61. The number of aliphatic hydroxyl groups is 2. The first kappa shape index (κ1) is 56.7. The largest absolute Gasteiger partial charge is 0.507 e. The van der Waals surface area contributed by atoms with Gasteiger partial charge in [0.1, 0.15) is 64.6 Å². The number of nitrogens with one attached hydrogen (secondary N) is 2. The fraction of sp³-hybridized carbons (Fsp3) is 0.500. The number of hydrogen-bond donors (Lipinski definition) is 5. The van der Waals surface area contributed by atoms with E-state index in [4.69, 9.17) is 61.1 Å². The average molecular weight is 997 g/mol. The molecule has 3 aliphatic heterocycles. The quantitative estimate of drug-likeness (QED) is 0.0791. The SMILES string of the molecule is CC=NC(Cl)Cl.COCOc1cc(OC)cc2c1C(=O)O[C@@H](C)[C@H](C)/C=C\C(=O)[C@H]1OC(C)(C)O[C@H]1CC(=O)N2.COc1cc(O)c2c(c1)NC(=O)C[C@H](O)[C@H](O)C(=O)/C=C\[C@@H](C)[C@H](C)OC2=O. The molecule has 3 heterocycles. The highest BCUT2D eigenvalue weighted by molar-refractivity contribution is 6.44. The molecule has 68 heavy (non-hydrogen) atoms. The number of methoxy groups -OCH3 is 3. The van der Waals surface area contributed by atoms with Crippen LogP contribution in [0.5, 0.6) is 23.0 Å². The molecule has 2 amide bonds. The standard InChI is InChI=1S/C24H31NO9.C19H23NO8.C3H5Cl2N/c1-13-7-8-17(26)22-19(33-24(3,4)34-22)11-20(27)25-16-9-15(30-6)10-18(31-12-29-5)21(16)23(28)32-14(13)2;1-9-4-5-13(21)18(25)15(23)8-16(24)20-12-6-11(27-3)7-14(22)17(12)19(26)28-10(9)2;1-2-6-3(4)5/h7-10,13-14,19,22H,11-12H2,1-6H3,(H,25,27);4-7,9-10,15,18,22-23,25H,8H2,1-3H3,(H,20,24);2-3H,1H3/b8-7-;5-4-;/t13-,14+,19+,22-;9-,10+,15+,18-;/m11./s1. The molecule has 0 bridgehead atoms. The van der Waals surface area contributed by atoms with E-state index in [1.807, 2.05) is 6.92 Å². The molecule has 8 atom stereocenters.